The average molecular weight is 280 g/mol. The van der Waals surface area contributed by atoms with E-state index in [1.807, 2.05) is 0 Å². The van der Waals surface area contributed by atoms with Gasteiger partial charge in [0.25, 0.3) is 6.43 Å². The van der Waals surface area contributed by atoms with E-state index >= 15 is 0 Å². The SMILES string of the molecule is Cc1cc(CC(=O)O)c(C(F)F)c(Br)n1. The van der Waals surface area contributed by atoms with Gasteiger partial charge in [0.05, 0.1) is 12.0 Å². The van der Waals surface area contributed by atoms with Crippen molar-refractivity contribution in [3.8, 4) is 0 Å². The third-order valence-electron chi connectivity index (χ3n) is 1.79. The molecule has 6 heteroatoms. The van der Waals surface area contributed by atoms with E-state index in [0.717, 1.165) is 0 Å². The van der Waals surface area contributed by atoms with Gasteiger partial charge in [-0.15, -0.1) is 0 Å². The van der Waals surface area contributed by atoms with Crippen LogP contribution < -0.4 is 0 Å². The van der Waals surface area contributed by atoms with E-state index in [4.69, 9.17) is 5.11 Å². The van der Waals surface area contributed by atoms with Crippen LogP contribution in [0.15, 0.2) is 10.7 Å². The van der Waals surface area contributed by atoms with Crippen molar-refractivity contribution in [2.75, 3.05) is 0 Å². The number of aryl methyl sites for hydroxylation is 1. The standard InChI is InChI=1S/C9H8BrF2NO2/c1-4-2-5(3-6(14)15)7(9(11)12)8(10)13-4/h2,9H,3H2,1H3,(H,14,15). The van der Waals surface area contributed by atoms with Crippen LogP contribution in [0.4, 0.5) is 8.78 Å². The molecular formula is C9H8BrF2NO2. The lowest BCUT2D eigenvalue weighted by Gasteiger charge is -2.09. The highest BCUT2D eigenvalue weighted by atomic mass is 79.9. The second-order valence-corrected chi connectivity index (χ2v) is 3.75. The predicted molar refractivity (Wildman–Crippen MR) is 53.0 cm³/mol. The first-order valence-electron chi connectivity index (χ1n) is 4.07. The second-order valence-electron chi connectivity index (χ2n) is 3.00. The summed E-state index contributed by atoms with van der Waals surface area (Å²) in [6, 6.07) is 1.36. The maximum atomic E-state index is 12.6. The highest BCUT2D eigenvalue weighted by Gasteiger charge is 2.19. The fourth-order valence-electron chi connectivity index (χ4n) is 1.25. The molecule has 0 atom stereocenters. The largest absolute Gasteiger partial charge is 0.481 e. The van der Waals surface area contributed by atoms with Crippen molar-refractivity contribution in [2.45, 2.75) is 19.8 Å². The van der Waals surface area contributed by atoms with E-state index in [1.54, 1.807) is 6.92 Å². The Bertz CT molecular complexity index is 396. The second kappa shape index (κ2) is 4.65. The summed E-state index contributed by atoms with van der Waals surface area (Å²) in [5.74, 6) is -1.14. The normalized spacial score (nSPS) is 10.7. The molecule has 0 bridgehead atoms. The summed E-state index contributed by atoms with van der Waals surface area (Å²) in [5.41, 5.74) is 0.252. The molecule has 0 amide bonds. The molecule has 0 spiro atoms. The molecular weight excluding hydrogens is 272 g/mol. The van der Waals surface area contributed by atoms with Gasteiger partial charge in [-0.1, -0.05) is 0 Å². The van der Waals surface area contributed by atoms with Crippen LogP contribution in [0.5, 0.6) is 0 Å². The van der Waals surface area contributed by atoms with Gasteiger partial charge in [-0.2, -0.15) is 0 Å². The molecule has 82 valence electrons. The Morgan fingerprint density at radius 3 is 2.73 bits per heavy atom. The number of rotatable bonds is 3. The van der Waals surface area contributed by atoms with Crippen molar-refractivity contribution in [1.29, 1.82) is 0 Å². The van der Waals surface area contributed by atoms with Gasteiger partial charge >= 0.3 is 5.97 Å². The number of hydrogen-bond donors (Lipinski definition) is 1. The zero-order valence-corrected chi connectivity index (χ0v) is 9.38. The Hall–Kier alpha value is -1.04. The van der Waals surface area contributed by atoms with Crippen LogP contribution in [0.25, 0.3) is 0 Å². The molecule has 0 unspecified atom stereocenters. The minimum atomic E-state index is -2.73. The molecule has 1 aromatic rings. The molecule has 0 fully saturated rings. The van der Waals surface area contributed by atoms with Crippen LogP contribution in [0.1, 0.15) is 23.2 Å². The first-order chi connectivity index (χ1) is 6.91. The number of hydrogen-bond acceptors (Lipinski definition) is 2. The Kier molecular flexibility index (Phi) is 3.73. The van der Waals surface area contributed by atoms with Gasteiger partial charge in [-0.05, 0) is 34.5 Å². The summed E-state index contributed by atoms with van der Waals surface area (Å²) < 4.78 is 25.2. The van der Waals surface area contributed by atoms with Gasteiger partial charge in [0, 0.05) is 5.69 Å². The van der Waals surface area contributed by atoms with Crippen LogP contribution in [0.2, 0.25) is 0 Å². The Labute approximate surface area is 93.3 Å². The Balaban J connectivity index is 3.26. The highest BCUT2D eigenvalue weighted by molar-refractivity contribution is 9.10. The van der Waals surface area contributed by atoms with Crippen LogP contribution in [0, 0.1) is 6.92 Å². The van der Waals surface area contributed by atoms with E-state index in [0.29, 0.717) is 5.69 Å². The van der Waals surface area contributed by atoms with Crippen molar-refractivity contribution in [3.05, 3.63) is 27.5 Å². The van der Waals surface area contributed by atoms with Crippen molar-refractivity contribution < 1.29 is 18.7 Å². The quantitative estimate of drug-likeness (QED) is 0.866. The van der Waals surface area contributed by atoms with Gasteiger partial charge in [-0.25, -0.2) is 13.8 Å². The molecule has 0 aliphatic carbocycles. The summed E-state index contributed by atoms with van der Waals surface area (Å²) in [4.78, 5) is 14.3. The minimum Gasteiger partial charge on any atom is -0.481 e. The number of carboxylic acids is 1. The van der Waals surface area contributed by atoms with Crippen LogP contribution in [-0.2, 0) is 11.2 Å². The number of carboxylic acid groups (broad SMARTS) is 1. The average Bonchev–Trinajstić information content (AvgIpc) is 1.99. The van der Waals surface area contributed by atoms with Gasteiger partial charge < -0.3 is 5.11 Å². The smallest absolute Gasteiger partial charge is 0.307 e. The molecule has 1 rings (SSSR count). The molecule has 3 nitrogen and oxygen atoms in total. The molecule has 1 heterocycles. The summed E-state index contributed by atoms with van der Waals surface area (Å²) >= 11 is 2.90. The van der Waals surface area contributed by atoms with E-state index < -0.39 is 18.8 Å². The van der Waals surface area contributed by atoms with Gasteiger partial charge in [0.2, 0.25) is 0 Å². The van der Waals surface area contributed by atoms with Crippen LogP contribution in [-0.4, -0.2) is 16.1 Å². The number of halogens is 3. The minimum absolute atomic E-state index is 0.00810. The molecule has 1 aromatic heterocycles. The number of carbonyl (C=O) groups is 1. The number of aromatic nitrogens is 1. The summed E-state index contributed by atoms with van der Waals surface area (Å²) in [7, 11) is 0. The van der Waals surface area contributed by atoms with E-state index in [9.17, 15) is 13.6 Å². The monoisotopic (exact) mass is 279 g/mol. The molecule has 0 aliphatic rings. The highest BCUT2D eigenvalue weighted by Crippen LogP contribution is 2.30. The molecule has 0 aromatic carbocycles. The summed E-state index contributed by atoms with van der Waals surface area (Å²) in [5, 5.41) is 8.57. The number of aliphatic carboxylic acids is 1. The maximum Gasteiger partial charge on any atom is 0.307 e. The van der Waals surface area contributed by atoms with Gasteiger partial charge in [-0.3, -0.25) is 4.79 Å². The Morgan fingerprint density at radius 2 is 2.27 bits per heavy atom. The summed E-state index contributed by atoms with van der Waals surface area (Å²) in [6.45, 7) is 1.62. The predicted octanol–water partition coefficient (Wildman–Crippen LogP) is 2.72. The third kappa shape index (κ3) is 2.95. The topological polar surface area (TPSA) is 50.2 Å². The van der Waals surface area contributed by atoms with E-state index in [2.05, 4.69) is 20.9 Å². The van der Waals surface area contributed by atoms with Crippen molar-refractivity contribution in [3.63, 3.8) is 0 Å². The number of alkyl halides is 2. The lowest BCUT2D eigenvalue weighted by Crippen LogP contribution is -2.06. The molecule has 0 saturated heterocycles. The first kappa shape index (κ1) is 12.0. The van der Waals surface area contributed by atoms with Gasteiger partial charge in [0.15, 0.2) is 0 Å². The molecule has 0 saturated carbocycles. The fourth-order valence-corrected chi connectivity index (χ4v) is 1.96. The van der Waals surface area contributed by atoms with Gasteiger partial charge in [0.1, 0.15) is 4.60 Å². The third-order valence-corrected chi connectivity index (χ3v) is 2.39. The van der Waals surface area contributed by atoms with Crippen molar-refractivity contribution in [2.24, 2.45) is 0 Å². The zero-order chi connectivity index (χ0) is 11.6. The molecule has 0 radical (unpaired) electrons. The van der Waals surface area contributed by atoms with Crippen molar-refractivity contribution in [1.82, 2.24) is 4.98 Å². The lowest BCUT2D eigenvalue weighted by molar-refractivity contribution is -0.136. The zero-order valence-electron chi connectivity index (χ0n) is 7.80. The van der Waals surface area contributed by atoms with Crippen LogP contribution >= 0.6 is 15.9 Å². The number of nitrogens with zero attached hydrogens (tertiary/aromatic N) is 1. The first-order valence-corrected chi connectivity index (χ1v) is 4.87. The number of pyridine rings is 1. The maximum absolute atomic E-state index is 12.6. The summed E-state index contributed by atoms with van der Waals surface area (Å²) in [6.07, 6.45) is -3.16. The fraction of sp³-hybridized carbons (Fsp3) is 0.333. The lowest BCUT2D eigenvalue weighted by atomic mass is 10.1. The van der Waals surface area contributed by atoms with Crippen LogP contribution in [0.3, 0.4) is 0 Å². The van der Waals surface area contributed by atoms with Crippen molar-refractivity contribution >= 4 is 21.9 Å². The molecule has 0 aliphatic heterocycles. The molecule has 15 heavy (non-hydrogen) atoms. The van der Waals surface area contributed by atoms with E-state index in [-0.39, 0.29) is 15.7 Å². The Morgan fingerprint density at radius 1 is 1.67 bits per heavy atom. The van der Waals surface area contributed by atoms with E-state index in [1.165, 1.54) is 6.07 Å². The molecule has 1 N–H and O–H groups in total.